The van der Waals surface area contributed by atoms with Gasteiger partial charge in [-0.05, 0) is 55.4 Å². The third-order valence-corrected chi connectivity index (χ3v) is 4.44. The Morgan fingerprint density at radius 2 is 1.83 bits per heavy atom. The van der Waals surface area contributed by atoms with E-state index in [9.17, 15) is 17.6 Å². The summed E-state index contributed by atoms with van der Waals surface area (Å²) in [7, 11) is 1.47. The number of rotatable bonds is 3. The summed E-state index contributed by atoms with van der Waals surface area (Å²) in [5.74, 6) is -0.765. The van der Waals surface area contributed by atoms with Crippen molar-refractivity contribution in [1.82, 2.24) is 0 Å². The van der Waals surface area contributed by atoms with Crippen LogP contribution in [0, 0.1) is 11.3 Å². The zero-order valence-corrected chi connectivity index (χ0v) is 12.7. The molecule has 0 aromatic heterocycles. The van der Waals surface area contributed by atoms with Crippen LogP contribution >= 0.6 is 0 Å². The van der Waals surface area contributed by atoms with Crippen LogP contribution in [0.5, 0.6) is 0 Å². The lowest BCUT2D eigenvalue weighted by Gasteiger charge is -2.37. The fourth-order valence-corrected chi connectivity index (χ4v) is 3.05. The maximum Gasteiger partial charge on any atom is 0.416 e. The highest BCUT2D eigenvalue weighted by Gasteiger charge is 2.35. The van der Waals surface area contributed by atoms with E-state index in [4.69, 9.17) is 10.00 Å². The van der Waals surface area contributed by atoms with E-state index >= 15 is 0 Å². The molecule has 0 atom stereocenters. The quantitative estimate of drug-likeness (QED) is 0.570. The van der Waals surface area contributed by atoms with E-state index in [1.165, 1.54) is 31.4 Å². The molecule has 0 amide bonds. The Kier molecular flexibility index (Phi) is 5.10. The van der Waals surface area contributed by atoms with E-state index < -0.39 is 23.2 Å². The number of hydrogen-bond donors (Lipinski definition) is 0. The van der Waals surface area contributed by atoms with Crippen LogP contribution in [-0.2, 0) is 10.9 Å². The molecule has 0 bridgehead atoms. The Hall–Kier alpha value is -1.87. The van der Waals surface area contributed by atoms with E-state index in [0.29, 0.717) is 25.7 Å². The molecule has 0 unspecified atom stereocenters. The molecule has 1 saturated carbocycles. The SMILES string of the molecule is COC1(C=C(F)C#N)CCC(c2ccc(C(F)(F)F)cc2)CC1. The van der Waals surface area contributed by atoms with Crippen molar-refractivity contribution in [3.05, 3.63) is 47.3 Å². The van der Waals surface area contributed by atoms with Gasteiger partial charge in [-0.1, -0.05) is 12.1 Å². The lowest BCUT2D eigenvalue weighted by Crippen LogP contribution is -2.34. The van der Waals surface area contributed by atoms with Gasteiger partial charge in [-0.15, -0.1) is 0 Å². The van der Waals surface area contributed by atoms with Crippen molar-refractivity contribution in [2.45, 2.75) is 43.4 Å². The normalized spacial score (nSPS) is 25.9. The highest BCUT2D eigenvalue weighted by atomic mass is 19.4. The summed E-state index contributed by atoms with van der Waals surface area (Å²) in [6, 6.07) is 6.61. The highest BCUT2D eigenvalue weighted by Crippen LogP contribution is 2.41. The molecule has 0 radical (unpaired) electrons. The predicted octanol–water partition coefficient (Wildman–Crippen LogP) is 5.13. The summed E-state index contributed by atoms with van der Waals surface area (Å²) in [4.78, 5) is 0. The molecular weight excluding hydrogens is 310 g/mol. The van der Waals surface area contributed by atoms with Crippen molar-refractivity contribution in [3.8, 4) is 6.07 Å². The second-order valence-corrected chi connectivity index (χ2v) is 5.77. The van der Waals surface area contributed by atoms with E-state index in [2.05, 4.69) is 0 Å². The average Bonchev–Trinajstić information content (AvgIpc) is 2.54. The minimum Gasteiger partial charge on any atom is -0.374 e. The monoisotopic (exact) mass is 327 g/mol. The number of hydrogen-bond acceptors (Lipinski definition) is 2. The predicted molar refractivity (Wildman–Crippen MR) is 77.2 cm³/mol. The number of methoxy groups -OCH3 is 1. The van der Waals surface area contributed by atoms with Gasteiger partial charge in [-0.2, -0.15) is 22.8 Å². The van der Waals surface area contributed by atoms with Crippen LogP contribution in [0.4, 0.5) is 17.6 Å². The molecule has 6 heteroatoms. The minimum atomic E-state index is -4.34. The standard InChI is InChI=1S/C17H17F4NO/c1-23-16(10-15(18)11-22)8-6-13(7-9-16)12-2-4-14(5-3-12)17(19,20)21/h2-5,10,13H,6-9H2,1H3. The first kappa shape index (κ1) is 17.5. The Labute approximate surface area is 132 Å². The molecule has 0 heterocycles. The van der Waals surface area contributed by atoms with Crippen molar-refractivity contribution in [1.29, 1.82) is 5.26 Å². The molecule has 124 valence electrons. The number of alkyl halides is 3. The maximum atomic E-state index is 13.2. The topological polar surface area (TPSA) is 33.0 Å². The van der Waals surface area contributed by atoms with Gasteiger partial charge < -0.3 is 4.74 Å². The van der Waals surface area contributed by atoms with Crippen molar-refractivity contribution in [3.63, 3.8) is 0 Å². The molecule has 1 aromatic rings. The van der Waals surface area contributed by atoms with Gasteiger partial charge in [0, 0.05) is 7.11 Å². The summed E-state index contributed by atoms with van der Waals surface area (Å²) in [5.41, 5.74) is -0.628. The largest absolute Gasteiger partial charge is 0.416 e. The molecule has 1 aliphatic carbocycles. The molecule has 1 fully saturated rings. The number of allylic oxidation sites excluding steroid dienone is 1. The fourth-order valence-electron chi connectivity index (χ4n) is 3.05. The van der Waals surface area contributed by atoms with Crippen LogP contribution in [0.15, 0.2) is 36.2 Å². The van der Waals surface area contributed by atoms with Crippen LogP contribution < -0.4 is 0 Å². The Balaban J connectivity index is 2.08. The molecule has 1 aromatic carbocycles. The van der Waals surface area contributed by atoms with Crippen LogP contribution in [-0.4, -0.2) is 12.7 Å². The molecule has 23 heavy (non-hydrogen) atoms. The first-order chi connectivity index (χ1) is 10.8. The fraction of sp³-hybridized carbons (Fsp3) is 0.471. The van der Waals surface area contributed by atoms with Gasteiger partial charge in [-0.25, -0.2) is 0 Å². The van der Waals surface area contributed by atoms with E-state index in [1.807, 2.05) is 0 Å². The lowest BCUT2D eigenvalue weighted by molar-refractivity contribution is -0.137. The van der Waals surface area contributed by atoms with E-state index in [1.54, 1.807) is 0 Å². The Morgan fingerprint density at radius 3 is 2.26 bits per heavy atom. The van der Waals surface area contributed by atoms with Crippen molar-refractivity contribution in [2.24, 2.45) is 0 Å². The number of nitriles is 1. The lowest BCUT2D eigenvalue weighted by atomic mass is 9.75. The van der Waals surface area contributed by atoms with Crippen LogP contribution in [0.25, 0.3) is 0 Å². The first-order valence-corrected chi connectivity index (χ1v) is 7.30. The van der Waals surface area contributed by atoms with Gasteiger partial charge in [0.15, 0.2) is 5.83 Å². The smallest absolute Gasteiger partial charge is 0.374 e. The molecule has 0 aliphatic heterocycles. The summed E-state index contributed by atoms with van der Waals surface area (Å²) >= 11 is 0. The second kappa shape index (κ2) is 6.71. The third kappa shape index (κ3) is 4.11. The van der Waals surface area contributed by atoms with Gasteiger partial charge in [0.2, 0.25) is 0 Å². The molecular formula is C17H17F4NO. The van der Waals surface area contributed by atoms with Crippen LogP contribution in [0.3, 0.4) is 0 Å². The molecule has 0 N–H and O–H groups in total. The first-order valence-electron chi connectivity index (χ1n) is 7.30. The summed E-state index contributed by atoms with van der Waals surface area (Å²) in [6.45, 7) is 0. The van der Waals surface area contributed by atoms with Crippen molar-refractivity contribution in [2.75, 3.05) is 7.11 Å². The molecule has 2 rings (SSSR count). The number of nitrogens with zero attached hydrogens (tertiary/aromatic N) is 1. The third-order valence-electron chi connectivity index (χ3n) is 4.44. The average molecular weight is 327 g/mol. The van der Waals surface area contributed by atoms with Gasteiger partial charge in [0.05, 0.1) is 11.2 Å². The number of ether oxygens (including phenoxy) is 1. The molecule has 1 aliphatic rings. The van der Waals surface area contributed by atoms with Crippen LogP contribution in [0.1, 0.15) is 42.7 Å². The summed E-state index contributed by atoms with van der Waals surface area (Å²) in [6.07, 6.45) is -0.775. The Bertz CT molecular complexity index is 605. The molecule has 0 saturated heterocycles. The highest BCUT2D eigenvalue weighted by molar-refractivity contribution is 5.28. The zero-order chi connectivity index (χ0) is 17.1. The second-order valence-electron chi connectivity index (χ2n) is 5.77. The zero-order valence-electron chi connectivity index (χ0n) is 12.7. The minimum absolute atomic E-state index is 0.110. The van der Waals surface area contributed by atoms with Crippen LogP contribution in [0.2, 0.25) is 0 Å². The molecule has 0 spiro atoms. The van der Waals surface area contributed by atoms with Crippen molar-refractivity contribution >= 4 is 0 Å². The van der Waals surface area contributed by atoms with Gasteiger partial charge in [0.25, 0.3) is 0 Å². The van der Waals surface area contributed by atoms with Crippen molar-refractivity contribution < 1.29 is 22.3 Å². The summed E-state index contributed by atoms with van der Waals surface area (Å²) in [5, 5.41) is 8.56. The van der Waals surface area contributed by atoms with E-state index in [0.717, 1.165) is 17.7 Å². The van der Waals surface area contributed by atoms with E-state index in [-0.39, 0.29) is 5.92 Å². The number of halogens is 4. The maximum absolute atomic E-state index is 13.2. The Morgan fingerprint density at radius 1 is 1.26 bits per heavy atom. The van der Waals surface area contributed by atoms with Gasteiger partial charge >= 0.3 is 6.18 Å². The molecule has 2 nitrogen and oxygen atoms in total. The summed E-state index contributed by atoms with van der Waals surface area (Å²) < 4.78 is 56.4. The number of benzene rings is 1. The van der Waals surface area contributed by atoms with Gasteiger partial charge in [0.1, 0.15) is 6.07 Å². The van der Waals surface area contributed by atoms with Gasteiger partial charge in [-0.3, -0.25) is 0 Å².